The summed E-state index contributed by atoms with van der Waals surface area (Å²) in [4.78, 5) is 10.9. The highest BCUT2D eigenvalue weighted by molar-refractivity contribution is 7.53. The molecule has 4 aromatic carbocycles. The summed E-state index contributed by atoms with van der Waals surface area (Å²) in [5, 5.41) is 0. The van der Waals surface area contributed by atoms with E-state index < -0.39 is 7.60 Å². The molecule has 8 heteroatoms. The van der Waals surface area contributed by atoms with Gasteiger partial charge in [0, 0.05) is 12.1 Å². The number of ether oxygens (including phenoxy) is 1. The number of aromatic amines is 1. The van der Waals surface area contributed by atoms with E-state index in [1.54, 1.807) is 0 Å². The Morgan fingerprint density at radius 2 is 1.50 bits per heavy atom. The van der Waals surface area contributed by atoms with Crippen molar-refractivity contribution in [2.24, 2.45) is 5.92 Å². The molecule has 1 aromatic heterocycles. The molecule has 1 fully saturated rings. The molecule has 1 N–H and O–H groups in total. The van der Waals surface area contributed by atoms with Crippen molar-refractivity contribution in [3.05, 3.63) is 119 Å². The number of benzene rings is 4. The van der Waals surface area contributed by atoms with E-state index in [9.17, 15) is 4.57 Å². The van der Waals surface area contributed by atoms with Crippen molar-refractivity contribution in [1.29, 1.82) is 0 Å². The van der Waals surface area contributed by atoms with Crippen molar-refractivity contribution >= 4 is 18.6 Å². The molecule has 1 saturated heterocycles. The van der Waals surface area contributed by atoms with Crippen LogP contribution in [-0.2, 0) is 39.3 Å². The van der Waals surface area contributed by atoms with Gasteiger partial charge in [-0.1, -0.05) is 78.9 Å². The van der Waals surface area contributed by atoms with E-state index in [1.165, 1.54) is 24.0 Å². The lowest BCUT2D eigenvalue weighted by atomic mass is 9.89. The number of imidazole rings is 1. The molecule has 0 unspecified atom stereocenters. The predicted octanol–water partition coefficient (Wildman–Crippen LogP) is 9.03. The van der Waals surface area contributed by atoms with Crippen molar-refractivity contribution in [2.45, 2.75) is 52.4 Å². The first kappa shape index (κ1) is 32.2. The molecule has 2 heterocycles. The maximum absolute atomic E-state index is 12.9. The fourth-order valence-electron chi connectivity index (χ4n) is 6.27. The first-order valence-corrected chi connectivity index (χ1v) is 18.2. The number of hydrogen-bond donors (Lipinski definition) is 1. The van der Waals surface area contributed by atoms with Gasteiger partial charge in [-0.25, -0.2) is 4.98 Å². The van der Waals surface area contributed by atoms with Crippen molar-refractivity contribution in [3.63, 3.8) is 0 Å². The van der Waals surface area contributed by atoms with Crippen LogP contribution in [-0.4, -0.2) is 41.2 Å². The summed E-state index contributed by atoms with van der Waals surface area (Å²) >= 11 is 0. The first-order chi connectivity index (χ1) is 22.5. The summed E-state index contributed by atoms with van der Waals surface area (Å²) in [5.41, 5.74) is 7.79. The van der Waals surface area contributed by atoms with Crippen LogP contribution in [0.3, 0.4) is 0 Å². The van der Waals surface area contributed by atoms with Crippen LogP contribution in [0.1, 0.15) is 48.9 Å². The monoisotopic (exact) mass is 637 g/mol. The Hall–Kier alpha value is -3.74. The number of rotatable bonds is 14. The highest BCUT2D eigenvalue weighted by Gasteiger charge is 2.24. The van der Waals surface area contributed by atoms with Gasteiger partial charge in [0.2, 0.25) is 0 Å². The van der Waals surface area contributed by atoms with Gasteiger partial charge < -0.3 is 18.8 Å². The van der Waals surface area contributed by atoms with Crippen LogP contribution in [0, 0.1) is 5.92 Å². The fraction of sp³-hybridized carbons (Fsp3) is 0.342. The number of nitrogens with zero attached hydrogens (tertiary/aromatic N) is 2. The standard InChI is InChI=1S/C38H44N3O4P/c1-3-44-46(42,45-4-2)28-31-16-14-30(15-17-31)27-43-37-13-9-8-12-34(37)24-29-20-22-41(23-21-29)26-32-18-19-35-36(25-32)40-38(39-35)33-10-6-5-7-11-33/h5-19,25,29H,3-4,20-24,26-28H2,1-2H3,(H,39,40). The molecule has 5 aromatic rings. The summed E-state index contributed by atoms with van der Waals surface area (Å²) in [6.45, 7) is 8.01. The molecule has 0 radical (unpaired) electrons. The second kappa shape index (κ2) is 15.2. The molecule has 240 valence electrons. The van der Waals surface area contributed by atoms with Gasteiger partial charge in [-0.2, -0.15) is 0 Å². The Morgan fingerprint density at radius 1 is 0.826 bits per heavy atom. The molecular formula is C38H44N3O4P. The zero-order valence-corrected chi connectivity index (χ0v) is 27.8. The number of hydrogen-bond acceptors (Lipinski definition) is 6. The molecule has 0 amide bonds. The molecule has 0 aliphatic carbocycles. The van der Waals surface area contributed by atoms with Crippen molar-refractivity contribution in [1.82, 2.24) is 14.9 Å². The Morgan fingerprint density at radius 3 is 2.24 bits per heavy atom. The number of H-pyrrole nitrogens is 1. The Kier molecular flexibility index (Phi) is 10.7. The molecule has 7 nitrogen and oxygen atoms in total. The third-order valence-electron chi connectivity index (χ3n) is 8.63. The molecule has 0 spiro atoms. The summed E-state index contributed by atoms with van der Waals surface area (Å²) < 4.78 is 30.1. The number of nitrogens with one attached hydrogen (secondary N) is 1. The summed E-state index contributed by atoms with van der Waals surface area (Å²) in [7, 11) is -3.12. The predicted molar refractivity (Wildman–Crippen MR) is 185 cm³/mol. The number of fused-ring (bicyclic) bond motifs is 1. The van der Waals surface area contributed by atoms with Crippen molar-refractivity contribution in [3.8, 4) is 17.1 Å². The van der Waals surface area contributed by atoms with E-state index in [4.69, 9.17) is 18.8 Å². The van der Waals surface area contributed by atoms with E-state index >= 15 is 0 Å². The molecular weight excluding hydrogens is 593 g/mol. The number of likely N-dealkylation sites (tertiary alicyclic amines) is 1. The molecule has 0 bridgehead atoms. The second-order valence-electron chi connectivity index (χ2n) is 12.0. The minimum absolute atomic E-state index is 0.270. The minimum atomic E-state index is -3.12. The van der Waals surface area contributed by atoms with Crippen LogP contribution < -0.4 is 4.74 Å². The van der Waals surface area contributed by atoms with Crippen molar-refractivity contribution in [2.75, 3.05) is 26.3 Å². The Labute approximate surface area is 272 Å². The third-order valence-corrected chi connectivity index (χ3v) is 10.7. The van der Waals surface area contributed by atoms with Crippen molar-refractivity contribution < 1.29 is 18.3 Å². The Bertz CT molecular complexity index is 1740. The lowest BCUT2D eigenvalue weighted by Gasteiger charge is -2.32. The van der Waals surface area contributed by atoms with E-state index in [0.29, 0.717) is 25.7 Å². The van der Waals surface area contributed by atoms with Crippen LogP contribution >= 0.6 is 7.60 Å². The average molecular weight is 638 g/mol. The minimum Gasteiger partial charge on any atom is -0.489 e. The van der Waals surface area contributed by atoms with Gasteiger partial charge >= 0.3 is 7.60 Å². The summed E-state index contributed by atoms with van der Waals surface area (Å²) in [6, 6.07) is 33.3. The first-order valence-electron chi connectivity index (χ1n) is 16.4. The quantitative estimate of drug-likeness (QED) is 0.123. The largest absolute Gasteiger partial charge is 0.489 e. The van der Waals surface area contributed by atoms with E-state index in [-0.39, 0.29) is 6.16 Å². The molecule has 0 saturated carbocycles. The number of aromatic nitrogens is 2. The molecule has 0 atom stereocenters. The molecule has 6 rings (SSSR count). The second-order valence-corrected chi connectivity index (χ2v) is 14.1. The van der Waals surface area contributed by atoms with E-state index in [0.717, 1.165) is 65.4 Å². The fourth-order valence-corrected chi connectivity index (χ4v) is 7.97. The zero-order valence-electron chi connectivity index (χ0n) is 26.9. The van der Waals surface area contributed by atoms with Gasteiger partial charge in [0.05, 0.1) is 30.4 Å². The normalized spacial score (nSPS) is 14.6. The smallest absolute Gasteiger partial charge is 0.335 e. The van der Waals surface area contributed by atoms with Crippen LogP contribution in [0.2, 0.25) is 0 Å². The van der Waals surface area contributed by atoms with Gasteiger partial charge in [-0.3, -0.25) is 9.46 Å². The number of piperidine rings is 1. The van der Waals surface area contributed by atoms with Crippen LogP contribution in [0.15, 0.2) is 97.1 Å². The SMILES string of the molecule is CCOP(=O)(Cc1ccc(COc2ccccc2CC2CCN(Cc3ccc4nc(-c5ccccc5)[nH]c4c3)CC2)cc1)OCC. The van der Waals surface area contributed by atoms with Gasteiger partial charge in [-0.15, -0.1) is 0 Å². The van der Waals surface area contributed by atoms with Gasteiger partial charge in [0.15, 0.2) is 0 Å². The third kappa shape index (κ3) is 8.34. The highest BCUT2D eigenvalue weighted by Crippen LogP contribution is 2.51. The zero-order chi connectivity index (χ0) is 31.8. The van der Waals surface area contributed by atoms with Crippen LogP contribution in [0.5, 0.6) is 5.75 Å². The lowest BCUT2D eigenvalue weighted by Crippen LogP contribution is -2.33. The maximum atomic E-state index is 12.9. The summed E-state index contributed by atoms with van der Waals surface area (Å²) in [5.74, 6) is 2.50. The molecule has 1 aliphatic heterocycles. The van der Waals surface area contributed by atoms with Gasteiger partial charge in [-0.05, 0) is 92.6 Å². The molecule has 1 aliphatic rings. The molecule has 46 heavy (non-hydrogen) atoms. The maximum Gasteiger partial charge on any atom is 0.335 e. The summed E-state index contributed by atoms with van der Waals surface area (Å²) in [6.07, 6.45) is 3.64. The van der Waals surface area contributed by atoms with Gasteiger partial charge in [0.1, 0.15) is 18.2 Å². The van der Waals surface area contributed by atoms with Crippen LogP contribution in [0.25, 0.3) is 22.4 Å². The highest BCUT2D eigenvalue weighted by atomic mass is 31.2. The van der Waals surface area contributed by atoms with E-state index in [2.05, 4.69) is 58.4 Å². The topological polar surface area (TPSA) is 76.7 Å². The van der Waals surface area contributed by atoms with E-state index in [1.807, 2.05) is 62.4 Å². The Balaban J connectivity index is 0.997. The van der Waals surface area contributed by atoms with Crippen LogP contribution in [0.4, 0.5) is 0 Å². The number of para-hydroxylation sites is 1. The average Bonchev–Trinajstić information content (AvgIpc) is 3.50. The lowest BCUT2D eigenvalue weighted by molar-refractivity contribution is 0.176. The van der Waals surface area contributed by atoms with Gasteiger partial charge in [0.25, 0.3) is 0 Å².